The van der Waals surface area contributed by atoms with Crippen LogP contribution in [0.1, 0.15) is 10.5 Å². The first-order chi connectivity index (χ1) is 14.4. The summed E-state index contributed by atoms with van der Waals surface area (Å²) < 4.78 is 27.3. The SMILES string of the molecule is COC(=O)c1nn(-c2ccc(OC)cc2)c2c(=O)n(-c3ccc(Br)cc3F)cnc12. The third-order valence-corrected chi connectivity index (χ3v) is 4.94. The van der Waals surface area contributed by atoms with Crippen molar-refractivity contribution in [2.24, 2.45) is 0 Å². The molecule has 0 atom stereocenters. The van der Waals surface area contributed by atoms with E-state index in [0.29, 0.717) is 15.9 Å². The predicted octanol–water partition coefficient (Wildman–Crippen LogP) is 3.27. The van der Waals surface area contributed by atoms with E-state index in [0.717, 1.165) is 10.9 Å². The molecule has 0 aliphatic heterocycles. The number of rotatable bonds is 4. The highest BCUT2D eigenvalue weighted by Gasteiger charge is 2.24. The smallest absolute Gasteiger partial charge is 0.360 e. The zero-order valence-electron chi connectivity index (χ0n) is 15.8. The topological polar surface area (TPSA) is 88.2 Å². The Morgan fingerprint density at radius 2 is 1.87 bits per heavy atom. The lowest BCUT2D eigenvalue weighted by Gasteiger charge is -2.08. The molecule has 8 nitrogen and oxygen atoms in total. The number of carbonyl (C=O) groups excluding carboxylic acids is 1. The minimum Gasteiger partial charge on any atom is -0.497 e. The number of ether oxygens (including phenoxy) is 2. The molecule has 0 radical (unpaired) electrons. The molecule has 0 bridgehead atoms. The Hall–Kier alpha value is -3.53. The second-order valence-corrected chi connectivity index (χ2v) is 7.08. The van der Waals surface area contributed by atoms with Crippen molar-refractivity contribution in [2.45, 2.75) is 0 Å². The molecule has 0 aliphatic rings. The van der Waals surface area contributed by atoms with Crippen LogP contribution in [-0.4, -0.2) is 39.5 Å². The molecule has 0 saturated carbocycles. The van der Waals surface area contributed by atoms with Gasteiger partial charge in [0.05, 0.1) is 25.6 Å². The minimum atomic E-state index is -0.744. The van der Waals surface area contributed by atoms with Crippen molar-refractivity contribution in [2.75, 3.05) is 14.2 Å². The summed E-state index contributed by atoms with van der Waals surface area (Å²) in [6.45, 7) is 0. The molecule has 2 aromatic heterocycles. The van der Waals surface area contributed by atoms with Crippen LogP contribution < -0.4 is 10.3 Å². The van der Waals surface area contributed by atoms with Crippen molar-refractivity contribution in [3.05, 3.63) is 75.1 Å². The quantitative estimate of drug-likeness (QED) is 0.423. The van der Waals surface area contributed by atoms with Crippen LogP contribution in [0.15, 0.2) is 58.1 Å². The number of esters is 1. The van der Waals surface area contributed by atoms with Crippen molar-refractivity contribution in [1.82, 2.24) is 19.3 Å². The van der Waals surface area contributed by atoms with Crippen molar-refractivity contribution >= 4 is 32.9 Å². The Kier molecular flexibility index (Phi) is 5.08. The van der Waals surface area contributed by atoms with Crippen LogP contribution in [0, 0.1) is 5.82 Å². The highest BCUT2D eigenvalue weighted by atomic mass is 79.9. The molecular formula is C20H14BrFN4O4. The molecule has 4 aromatic rings. The molecule has 0 amide bonds. The predicted molar refractivity (Wildman–Crippen MR) is 110 cm³/mol. The zero-order chi connectivity index (χ0) is 21.4. The molecule has 0 unspecified atom stereocenters. The third kappa shape index (κ3) is 3.24. The molecule has 0 spiro atoms. The first-order valence-corrected chi connectivity index (χ1v) is 9.42. The number of methoxy groups -OCH3 is 2. The van der Waals surface area contributed by atoms with Crippen LogP contribution in [0.4, 0.5) is 4.39 Å². The normalized spacial score (nSPS) is 10.9. The molecule has 30 heavy (non-hydrogen) atoms. The maximum Gasteiger partial charge on any atom is 0.360 e. The summed E-state index contributed by atoms with van der Waals surface area (Å²) in [7, 11) is 2.74. The van der Waals surface area contributed by atoms with E-state index in [1.54, 1.807) is 30.3 Å². The van der Waals surface area contributed by atoms with E-state index >= 15 is 0 Å². The van der Waals surface area contributed by atoms with Crippen LogP contribution in [0.25, 0.3) is 22.4 Å². The first-order valence-electron chi connectivity index (χ1n) is 8.63. The molecule has 2 heterocycles. The summed E-state index contributed by atoms with van der Waals surface area (Å²) in [5.41, 5.74) is -0.158. The second-order valence-electron chi connectivity index (χ2n) is 6.16. The summed E-state index contributed by atoms with van der Waals surface area (Å²) in [5.74, 6) is -0.751. The average molecular weight is 473 g/mol. The Labute approximate surface area is 177 Å². The molecular weight excluding hydrogens is 459 g/mol. The van der Waals surface area contributed by atoms with Crippen molar-refractivity contribution in [3.63, 3.8) is 0 Å². The average Bonchev–Trinajstić information content (AvgIpc) is 3.14. The zero-order valence-corrected chi connectivity index (χ0v) is 17.4. The van der Waals surface area contributed by atoms with Gasteiger partial charge in [0, 0.05) is 4.47 Å². The highest BCUT2D eigenvalue weighted by Crippen LogP contribution is 2.22. The summed E-state index contributed by atoms with van der Waals surface area (Å²) >= 11 is 3.19. The van der Waals surface area contributed by atoms with Gasteiger partial charge in [0.15, 0.2) is 11.2 Å². The molecule has 0 aliphatic carbocycles. The molecule has 4 rings (SSSR count). The van der Waals surface area contributed by atoms with Crippen LogP contribution in [0.3, 0.4) is 0 Å². The van der Waals surface area contributed by atoms with Crippen LogP contribution in [-0.2, 0) is 4.74 Å². The monoisotopic (exact) mass is 472 g/mol. The van der Waals surface area contributed by atoms with Gasteiger partial charge in [-0.3, -0.25) is 9.36 Å². The maximum atomic E-state index is 14.5. The van der Waals surface area contributed by atoms with Crippen molar-refractivity contribution in [1.29, 1.82) is 0 Å². The standard InChI is InChI=1S/C20H14BrFN4O4/c1-29-13-6-4-12(5-7-13)26-18-16(17(24-26)20(28)30-2)23-10-25(19(18)27)15-8-3-11(21)9-14(15)22/h3-10H,1-2H3. The lowest BCUT2D eigenvalue weighted by atomic mass is 10.2. The molecule has 152 valence electrons. The van der Waals surface area contributed by atoms with Gasteiger partial charge in [-0.15, -0.1) is 0 Å². The van der Waals surface area contributed by atoms with E-state index < -0.39 is 17.3 Å². The summed E-state index contributed by atoms with van der Waals surface area (Å²) in [6, 6.07) is 11.0. The third-order valence-electron chi connectivity index (χ3n) is 4.45. The van der Waals surface area contributed by atoms with Crippen molar-refractivity contribution < 1.29 is 18.7 Å². The van der Waals surface area contributed by atoms with E-state index in [1.165, 1.54) is 31.0 Å². The fourth-order valence-corrected chi connectivity index (χ4v) is 3.33. The number of fused-ring (bicyclic) bond motifs is 1. The van der Waals surface area contributed by atoms with Gasteiger partial charge in [0.2, 0.25) is 0 Å². The summed E-state index contributed by atoms with van der Waals surface area (Å²) in [4.78, 5) is 29.7. The van der Waals surface area contributed by atoms with E-state index in [2.05, 4.69) is 26.0 Å². The maximum absolute atomic E-state index is 14.5. The Bertz CT molecular complexity index is 1330. The second kappa shape index (κ2) is 7.71. The Morgan fingerprint density at radius 3 is 2.50 bits per heavy atom. The number of halogens is 2. The van der Waals surface area contributed by atoms with Crippen LogP contribution in [0.5, 0.6) is 5.75 Å². The largest absolute Gasteiger partial charge is 0.497 e. The fraction of sp³-hybridized carbons (Fsp3) is 0.100. The van der Waals surface area contributed by atoms with E-state index in [4.69, 9.17) is 9.47 Å². The Morgan fingerprint density at radius 1 is 1.13 bits per heavy atom. The van der Waals surface area contributed by atoms with Gasteiger partial charge >= 0.3 is 5.97 Å². The molecule has 0 N–H and O–H groups in total. The lowest BCUT2D eigenvalue weighted by molar-refractivity contribution is 0.0595. The molecule has 10 heteroatoms. The number of nitrogens with zero attached hydrogens (tertiary/aromatic N) is 4. The number of aromatic nitrogens is 4. The molecule has 0 saturated heterocycles. The van der Waals surface area contributed by atoms with E-state index in [1.807, 2.05) is 0 Å². The van der Waals surface area contributed by atoms with Gasteiger partial charge in [-0.05, 0) is 42.5 Å². The first kappa shape index (κ1) is 19.8. The fourth-order valence-electron chi connectivity index (χ4n) is 3.00. The van der Waals surface area contributed by atoms with E-state index in [-0.39, 0.29) is 22.4 Å². The number of hydrogen-bond acceptors (Lipinski definition) is 6. The number of benzene rings is 2. The number of carbonyl (C=O) groups is 1. The number of hydrogen-bond donors (Lipinski definition) is 0. The molecule has 2 aromatic carbocycles. The van der Waals surface area contributed by atoms with Gasteiger partial charge in [-0.2, -0.15) is 5.10 Å². The van der Waals surface area contributed by atoms with E-state index in [9.17, 15) is 14.0 Å². The van der Waals surface area contributed by atoms with Crippen LogP contribution >= 0.6 is 15.9 Å². The lowest BCUT2D eigenvalue weighted by Crippen LogP contribution is -2.22. The minimum absolute atomic E-state index is 0.00499. The summed E-state index contributed by atoms with van der Waals surface area (Å²) in [6.07, 6.45) is 1.16. The van der Waals surface area contributed by atoms with Crippen molar-refractivity contribution in [3.8, 4) is 17.1 Å². The summed E-state index contributed by atoms with van der Waals surface area (Å²) in [5, 5.41) is 4.24. The van der Waals surface area contributed by atoms with Gasteiger partial charge in [-0.1, -0.05) is 15.9 Å². The van der Waals surface area contributed by atoms with Gasteiger partial charge < -0.3 is 9.47 Å². The Balaban J connectivity index is 2.02. The van der Waals surface area contributed by atoms with Gasteiger partial charge in [0.1, 0.15) is 23.4 Å². The van der Waals surface area contributed by atoms with Gasteiger partial charge in [-0.25, -0.2) is 18.9 Å². The van der Waals surface area contributed by atoms with Crippen LogP contribution in [0.2, 0.25) is 0 Å². The van der Waals surface area contributed by atoms with Gasteiger partial charge in [0.25, 0.3) is 5.56 Å². The highest BCUT2D eigenvalue weighted by molar-refractivity contribution is 9.10. The molecule has 0 fully saturated rings.